The van der Waals surface area contributed by atoms with E-state index < -0.39 is 21.9 Å². The van der Waals surface area contributed by atoms with Crippen molar-refractivity contribution in [2.24, 2.45) is 0 Å². The first kappa shape index (κ1) is 18.6. The number of amides is 2. The fourth-order valence-electron chi connectivity index (χ4n) is 2.85. The molecule has 2 heterocycles. The molecule has 4 rings (SSSR count). The van der Waals surface area contributed by atoms with Gasteiger partial charge in [0, 0.05) is 12.1 Å². The highest BCUT2D eigenvalue weighted by Crippen LogP contribution is 2.37. The van der Waals surface area contributed by atoms with Crippen LogP contribution in [0.1, 0.15) is 5.76 Å². The SMILES string of the molecule is O=C1S/C(=C/c2ccc(-c3ccccc3[N+](=O)[O-])o2)C(=O)N1c1ccccc1F. The van der Waals surface area contributed by atoms with Crippen LogP contribution in [-0.2, 0) is 4.79 Å². The average molecular weight is 410 g/mol. The Bertz CT molecular complexity index is 1190. The number of para-hydroxylation sites is 2. The van der Waals surface area contributed by atoms with Gasteiger partial charge in [-0.3, -0.25) is 19.7 Å². The highest BCUT2D eigenvalue weighted by atomic mass is 32.2. The zero-order chi connectivity index (χ0) is 20.5. The van der Waals surface area contributed by atoms with Gasteiger partial charge in [0.25, 0.3) is 16.8 Å². The van der Waals surface area contributed by atoms with E-state index in [1.54, 1.807) is 18.2 Å². The van der Waals surface area contributed by atoms with Gasteiger partial charge in [0.05, 0.1) is 21.1 Å². The predicted octanol–water partition coefficient (Wildman–Crippen LogP) is 5.23. The molecule has 1 fully saturated rings. The summed E-state index contributed by atoms with van der Waals surface area (Å²) in [6, 6.07) is 14.6. The number of furan rings is 1. The summed E-state index contributed by atoms with van der Waals surface area (Å²) in [5.74, 6) is -0.879. The lowest BCUT2D eigenvalue weighted by Gasteiger charge is -2.12. The van der Waals surface area contributed by atoms with E-state index in [2.05, 4.69) is 0 Å². The first-order valence-electron chi connectivity index (χ1n) is 8.32. The van der Waals surface area contributed by atoms with Crippen LogP contribution in [-0.4, -0.2) is 16.1 Å². The van der Waals surface area contributed by atoms with Crippen LogP contribution in [0.15, 0.2) is 70.0 Å². The fourth-order valence-corrected chi connectivity index (χ4v) is 3.67. The number of nitrogens with zero attached hydrogens (tertiary/aromatic N) is 2. The van der Waals surface area contributed by atoms with Crippen molar-refractivity contribution in [1.29, 1.82) is 0 Å². The van der Waals surface area contributed by atoms with Crippen molar-refractivity contribution in [2.75, 3.05) is 4.90 Å². The molecular weight excluding hydrogens is 399 g/mol. The number of rotatable bonds is 4. The number of anilines is 1. The molecule has 0 N–H and O–H groups in total. The standard InChI is InChI=1S/C20H11FN2O5S/c21-14-6-2-4-8-16(14)22-19(24)18(29-20(22)25)11-12-9-10-17(28-12)13-5-1-3-7-15(13)23(26)27/h1-11H/b18-11+. The van der Waals surface area contributed by atoms with Gasteiger partial charge in [-0.2, -0.15) is 0 Å². The molecule has 144 valence electrons. The number of carbonyl (C=O) groups is 2. The van der Waals surface area contributed by atoms with Crippen molar-refractivity contribution in [3.8, 4) is 11.3 Å². The molecule has 0 unspecified atom stereocenters. The summed E-state index contributed by atoms with van der Waals surface area (Å²) in [5, 5.41) is 10.6. The quantitative estimate of drug-likeness (QED) is 0.332. The maximum atomic E-state index is 14.0. The summed E-state index contributed by atoms with van der Waals surface area (Å²) in [4.78, 5) is 36.3. The second-order valence-corrected chi connectivity index (χ2v) is 6.94. The van der Waals surface area contributed by atoms with Crippen LogP contribution in [0.4, 0.5) is 20.6 Å². The molecule has 0 saturated carbocycles. The molecule has 1 aromatic heterocycles. The first-order valence-corrected chi connectivity index (χ1v) is 9.13. The predicted molar refractivity (Wildman–Crippen MR) is 106 cm³/mol. The van der Waals surface area contributed by atoms with Crippen molar-refractivity contribution in [3.05, 3.63) is 87.3 Å². The Kier molecular flexibility index (Phi) is 4.73. The fraction of sp³-hybridized carbons (Fsp3) is 0. The van der Waals surface area contributed by atoms with Gasteiger partial charge in [-0.05, 0) is 42.1 Å². The number of thioether (sulfide) groups is 1. The molecule has 0 aliphatic carbocycles. The van der Waals surface area contributed by atoms with Gasteiger partial charge < -0.3 is 4.42 Å². The molecular formula is C20H11FN2O5S. The number of hydrogen-bond acceptors (Lipinski definition) is 6. The number of nitro benzene ring substituents is 1. The van der Waals surface area contributed by atoms with Crippen molar-refractivity contribution in [3.63, 3.8) is 0 Å². The average Bonchev–Trinajstić information content (AvgIpc) is 3.27. The Balaban J connectivity index is 1.65. The van der Waals surface area contributed by atoms with E-state index in [9.17, 15) is 24.1 Å². The zero-order valence-corrected chi connectivity index (χ0v) is 15.4. The second kappa shape index (κ2) is 7.36. The van der Waals surface area contributed by atoms with Crippen molar-refractivity contribution in [2.45, 2.75) is 0 Å². The molecule has 0 radical (unpaired) electrons. The van der Waals surface area contributed by atoms with E-state index in [0.29, 0.717) is 11.8 Å². The summed E-state index contributed by atoms with van der Waals surface area (Å²) >= 11 is 0.657. The van der Waals surface area contributed by atoms with Crippen LogP contribution in [0.3, 0.4) is 0 Å². The van der Waals surface area contributed by atoms with E-state index in [1.165, 1.54) is 42.5 Å². The smallest absolute Gasteiger partial charge is 0.298 e. The normalized spacial score (nSPS) is 15.3. The largest absolute Gasteiger partial charge is 0.456 e. The van der Waals surface area contributed by atoms with E-state index in [0.717, 1.165) is 11.0 Å². The molecule has 1 saturated heterocycles. The Morgan fingerprint density at radius 2 is 1.76 bits per heavy atom. The molecule has 1 aliphatic rings. The van der Waals surface area contributed by atoms with E-state index in [-0.39, 0.29) is 33.4 Å². The third kappa shape index (κ3) is 3.43. The molecule has 2 amide bonds. The third-order valence-corrected chi connectivity index (χ3v) is 5.02. The molecule has 3 aromatic rings. The molecule has 0 bridgehead atoms. The van der Waals surface area contributed by atoms with Gasteiger partial charge in [0.15, 0.2) is 0 Å². The summed E-state index contributed by atoms with van der Waals surface area (Å²) < 4.78 is 19.6. The highest BCUT2D eigenvalue weighted by molar-refractivity contribution is 8.19. The lowest BCUT2D eigenvalue weighted by Crippen LogP contribution is -2.28. The third-order valence-electron chi connectivity index (χ3n) is 4.15. The van der Waals surface area contributed by atoms with Gasteiger partial charge in [-0.15, -0.1) is 0 Å². The van der Waals surface area contributed by atoms with E-state index in [4.69, 9.17) is 4.42 Å². The maximum absolute atomic E-state index is 14.0. The first-order chi connectivity index (χ1) is 14.0. The number of benzene rings is 2. The topological polar surface area (TPSA) is 93.7 Å². The minimum Gasteiger partial charge on any atom is -0.456 e. The van der Waals surface area contributed by atoms with Gasteiger partial charge in [-0.25, -0.2) is 9.29 Å². The van der Waals surface area contributed by atoms with Crippen molar-refractivity contribution in [1.82, 2.24) is 0 Å². The number of nitro groups is 1. The van der Waals surface area contributed by atoms with E-state index >= 15 is 0 Å². The zero-order valence-electron chi connectivity index (χ0n) is 14.6. The Morgan fingerprint density at radius 3 is 2.52 bits per heavy atom. The van der Waals surface area contributed by atoms with Gasteiger partial charge in [0.2, 0.25) is 0 Å². The van der Waals surface area contributed by atoms with Crippen LogP contribution >= 0.6 is 11.8 Å². The molecule has 0 atom stereocenters. The molecule has 2 aromatic carbocycles. The van der Waals surface area contributed by atoms with Crippen LogP contribution in [0.25, 0.3) is 17.4 Å². The number of imide groups is 1. The summed E-state index contributed by atoms with van der Waals surface area (Å²) in [5.41, 5.74) is 0.0448. The van der Waals surface area contributed by atoms with Crippen molar-refractivity contribution < 1.29 is 23.3 Å². The number of halogens is 1. The van der Waals surface area contributed by atoms with Crippen LogP contribution in [0, 0.1) is 15.9 Å². The van der Waals surface area contributed by atoms with Crippen molar-refractivity contribution >= 4 is 40.4 Å². The minimum absolute atomic E-state index is 0.0571. The Labute approximate surface area is 167 Å². The summed E-state index contributed by atoms with van der Waals surface area (Å²) in [7, 11) is 0. The van der Waals surface area contributed by atoms with Crippen LogP contribution in [0.2, 0.25) is 0 Å². The minimum atomic E-state index is -0.687. The van der Waals surface area contributed by atoms with Gasteiger partial charge >= 0.3 is 0 Å². The second-order valence-electron chi connectivity index (χ2n) is 5.94. The maximum Gasteiger partial charge on any atom is 0.298 e. The summed E-state index contributed by atoms with van der Waals surface area (Å²) in [6.45, 7) is 0. The van der Waals surface area contributed by atoms with Crippen LogP contribution in [0.5, 0.6) is 0 Å². The van der Waals surface area contributed by atoms with Gasteiger partial charge in [0.1, 0.15) is 17.3 Å². The van der Waals surface area contributed by atoms with E-state index in [1.807, 2.05) is 0 Å². The van der Waals surface area contributed by atoms with Crippen LogP contribution < -0.4 is 4.90 Å². The lowest BCUT2D eigenvalue weighted by molar-refractivity contribution is -0.384. The summed E-state index contributed by atoms with van der Waals surface area (Å²) in [6.07, 6.45) is 1.35. The van der Waals surface area contributed by atoms with Gasteiger partial charge in [-0.1, -0.05) is 24.3 Å². The molecule has 7 nitrogen and oxygen atoms in total. The lowest BCUT2D eigenvalue weighted by atomic mass is 10.1. The monoisotopic (exact) mass is 410 g/mol. The highest BCUT2D eigenvalue weighted by Gasteiger charge is 2.37. The molecule has 29 heavy (non-hydrogen) atoms. The molecule has 1 aliphatic heterocycles. The molecule has 0 spiro atoms. The number of carbonyl (C=O) groups excluding carboxylic acids is 2. The molecule has 9 heteroatoms. The Morgan fingerprint density at radius 1 is 1.03 bits per heavy atom. The number of hydrogen-bond donors (Lipinski definition) is 0. The Hall–Kier alpha value is -3.72.